The highest BCUT2D eigenvalue weighted by Gasteiger charge is 2.23. The van der Waals surface area contributed by atoms with Crippen molar-refractivity contribution in [2.75, 3.05) is 14.1 Å². The van der Waals surface area contributed by atoms with Crippen LogP contribution in [0.15, 0.2) is 58.3 Å². The summed E-state index contributed by atoms with van der Waals surface area (Å²) in [5.41, 5.74) is 0.675. The van der Waals surface area contributed by atoms with Gasteiger partial charge in [-0.2, -0.15) is 4.72 Å². The van der Waals surface area contributed by atoms with Crippen LogP contribution in [0, 0.1) is 0 Å². The topological polar surface area (TPSA) is 113 Å². The average Bonchev–Trinajstić information content (AvgIpc) is 2.67. The largest absolute Gasteiger partial charge is 0.348 e. The molecule has 0 heterocycles. The molecule has 0 saturated carbocycles. The van der Waals surface area contributed by atoms with Crippen LogP contribution in [0.5, 0.6) is 0 Å². The van der Waals surface area contributed by atoms with Crippen molar-refractivity contribution in [3.63, 3.8) is 0 Å². The third-order valence-electron chi connectivity index (χ3n) is 4.37. The molecule has 0 radical (unpaired) electrons. The van der Waals surface area contributed by atoms with Gasteiger partial charge < -0.3 is 5.32 Å². The van der Waals surface area contributed by atoms with Crippen molar-refractivity contribution in [1.29, 1.82) is 0 Å². The number of nitrogens with zero attached hydrogens (tertiary/aromatic N) is 1. The highest BCUT2D eigenvalue weighted by molar-refractivity contribution is 7.89. The molecule has 0 saturated heterocycles. The molecule has 0 aliphatic rings. The number of hydrogen-bond acceptors (Lipinski definition) is 5. The molecular weight excluding hydrogens is 450 g/mol. The first kappa shape index (κ1) is 24.3. The maximum absolute atomic E-state index is 12.4. The fourth-order valence-electron chi connectivity index (χ4n) is 2.53. The molecule has 2 aromatic rings. The monoisotopic (exact) mass is 473 g/mol. The normalized spacial score (nSPS) is 14.3. The summed E-state index contributed by atoms with van der Waals surface area (Å²) < 4.78 is 52.5. The molecular formula is C19H24ClN3O5S2. The Hall–Kier alpha value is -1.98. The minimum atomic E-state index is -3.89. The summed E-state index contributed by atoms with van der Waals surface area (Å²) in [4.78, 5) is 12.6. The van der Waals surface area contributed by atoms with E-state index in [1.54, 1.807) is 19.1 Å². The zero-order valence-corrected chi connectivity index (χ0v) is 19.3. The van der Waals surface area contributed by atoms with Gasteiger partial charge in [-0.25, -0.2) is 21.1 Å². The quantitative estimate of drug-likeness (QED) is 0.609. The highest BCUT2D eigenvalue weighted by Crippen LogP contribution is 2.19. The molecule has 0 aliphatic carbocycles. The Morgan fingerprint density at radius 2 is 1.40 bits per heavy atom. The van der Waals surface area contributed by atoms with Gasteiger partial charge in [0.15, 0.2) is 0 Å². The minimum absolute atomic E-state index is 0.00251. The molecule has 164 valence electrons. The SMILES string of the molecule is CC(NC(=O)[C@H](C)NS(=O)(=O)c1ccc(Cl)cc1)c1ccc(S(=O)(=O)N(C)C)cc1. The maximum atomic E-state index is 12.4. The second-order valence-electron chi connectivity index (χ2n) is 6.88. The average molecular weight is 474 g/mol. The highest BCUT2D eigenvalue weighted by atomic mass is 35.5. The lowest BCUT2D eigenvalue weighted by atomic mass is 10.1. The van der Waals surface area contributed by atoms with Crippen molar-refractivity contribution in [2.24, 2.45) is 0 Å². The van der Waals surface area contributed by atoms with Crippen molar-refractivity contribution in [3.8, 4) is 0 Å². The molecule has 2 N–H and O–H groups in total. The van der Waals surface area contributed by atoms with Crippen LogP contribution < -0.4 is 10.0 Å². The molecule has 0 bridgehead atoms. The molecule has 1 amide bonds. The van der Waals surface area contributed by atoms with Gasteiger partial charge in [-0.05, 0) is 55.8 Å². The molecule has 8 nitrogen and oxygen atoms in total. The third kappa shape index (κ3) is 5.79. The van der Waals surface area contributed by atoms with E-state index in [0.29, 0.717) is 10.6 Å². The fourth-order valence-corrected chi connectivity index (χ4v) is 4.76. The van der Waals surface area contributed by atoms with Crippen LogP contribution in [0.25, 0.3) is 0 Å². The minimum Gasteiger partial charge on any atom is -0.348 e. The van der Waals surface area contributed by atoms with E-state index in [2.05, 4.69) is 10.0 Å². The Labute approximate surface area is 182 Å². The molecule has 0 fully saturated rings. The summed E-state index contributed by atoms with van der Waals surface area (Å²) >= 11 is 5.77. The van der Waals surface area contributed by atoms with E-state index in [-0.39, 0.29) is 9.79 Å². The summed E-state index contributed by atoms with van der Waals surface area (Å²) in [7, 11) is -4.55. The van der Waals surface area contributed by atoms with Gasteiger partial charge in [0.1, 0.15) is 0 Å². The van der Waals surface area contributed by atoms with Crippen molar-refractivity contribution in [3.05, 3.63) is 59.1 Å². The number of amides is 1. The summed E-state index contributed by atoms with van der Waals surface area (Å²) in [6.07, 6.45) is 0. The maximum Gasteiger partial charge on any atom is 0.242 e. The van der Waals surface area contributed by atoms with Crippen molar-refractivity contribution < 1.29 is 21.6 Å². The number of rotatable bonds is 8. The van der Waals surface area contributed by atoms with E-state index in [0.717, 1.165) is 4.31 Å². The fraction of sp³-hybridized carbons (Fsp3) is 0.316. The van der Waals surface area contributed by atoms with Crippen LogP contribution in [0.2, 0.25) is 5.02 Å². The third-order valence-corrected chi connectivity index (χ3v) is 8.00. The Kier molecular flexibility index (Phi) is 7.64. The lowest BCUT2D eigenvalue weighted by Crippen LogP contribution is -2.45. The molecule has 2 aromatic carbocycles. The molecule has 30 heavy (non-hydrogen) atoms. The Morgan fingerprint density at radius 3 is 1.90 bits per heavy atom. The molecule has 1 unspecified atom stereocenters. The van der Waals surface area contributed by atoms with Gasteiger partial charge in [0, 0.05) is 19.1 Å². The number of sulfonamides is 2. The zero-order chi connectivity index (χ0) is 22.7. The van der Waals surface area contributed by atoms with Gasteiger partial charge in [0.2, 0.25) is 26.0 Å². The number of halogens is 1. The predicted octanol–water partition coefficient (Wildman–Crippen LogP) is 2.13. The van der Waals surface area contributed by atoms with Crippen LogP contribution in [-0.4, -0.2) is 47.2 Å². The van der Waals surface area contributed by atoms with E-state index in [1.807, 2.05) is 0 Å². The van der Waals surface area contributed by atoms with Gasteiger partial charge in [-0.15, -0.1) is 0 Å². The van der Waals surface area contributed by atoms with Crippen LogP contribution in [0.4, 0.5) is 0 Å². The smallest absolute Gasteiger partial charge is 0.242 e. The molecule has 0 spiro atoms. The number of nitrogens with one attached hydrogen (secondary N) is 2. The van der Waals surface area contributed by atoms with E-state index >= 15 is 0 Å². The van der Waals surface area contributed by atoms with Crippen LogP contribution in [0.1, 0.15) is 25.5 Å². The predicted molar refractivity (Wildman–Crippen MR) is 115 cm³/mol. The molecule has 2 rings (SSSR count). The second-order valence-corrected chi connectivity index (χ2v) is 11.2. The van der Waals surface area contributed by atoms with E-state index < -0.39 is 38.0 Å². The number of carbonyl (C=O) groups excluding carboxylic acids is 1. The Balaban J connectivity index is 2.05. The lowest BCUT2D eigenvalue weighted by Gasteiger charge is -2.19. The first-order valence-corrected chi connectivity index (χ1v) is 12.3. The van der Waals surface area contributed by atoms with Crippen LogP contribution >= 0.6 is 11.6 Å². The lowest BCUT2D eigenvalue weighted by molar-refractivity contribution is -0.123. The molecule has 0 aromatic heterocycles. The van der Waals surface area contributed by atoms with Crippen LogP contribution in [-0.2, 0) is 24.8 Å². The van der Waals surface area contributed by atoms with Gasteiger partial charge in [0.05, 0.1) is 21.9 Å². The van der Waals surface area contributed by atoms with Crippen molar-refractivity contribution in [2.45, 2.75) is 35.7 Å². The summed E-state index contributed by atoms with van der Waals surface area (Å²) in [6.45, 7) is 3.15. The number of carbonyl (C=O) groups is 1. The van der Waals surface area contributed by atoms with Crippen LogP contribution in [0.3, 0.4) is 0 Å². The van der Waals surface area contributed by atoms with Gasteiger partial charge in [-0.1, -0.05) is 23.7 Å². The van der Waals surface area contributed by atoms with Crippen molar-refractivity contribution >= 4 is 37.6 Å². The second kappa shape index (κ2) is 9.44. The van der Waals surface area contributed by atoms with Gasteiger partial charge in [-0.3, -0.25) is 4.79 Å². The first-order chi connectivity index (χ1) is 13.8. The summed E-state index contributed by atoms with van der Waals surface area (Å²) in [6, 6.07) is 10.2. The van der Waals surface area contributed by atoms with E-state index in [1.165, 1.54) is 57.4 Å². The first-order valence-electron chi connectivity index (χ1n) is 8.95. The Bertz CT molecular complexity index is 1100. The summed E-state index contributed by atoms with van der Waals surface area (Å²) in [5, 5.41) is 3.11. The van der Waals surface area contributed by atoms with Crippen molar-refractivity contribution in [1.82, 2.24) is 14.3 Å². The molecule has 0 aliphatic heterocycles. The summed E-state index contributed by atoms with van der Waals surface area (Å²) in [5.74, 6) is -0.523. The number of hydrogen-bond donors (Lipinski definition) is 2. The standard InChI is InChI=1S/C19H24ClN3O5S2/c1-13(15-5-9-18(10-6-15)30(27,28)23(3)4)21-19(24)14(2)22-29(25,26)17-11-7-16(20)8-12-17/h5-14,22H,1-4H3,(H,21,24)/t13?,14-/m0/s1. The molecule has 11 heteroatoms. The van der Waals surface area contributed by atoms with Gasteiger partial charge in [0.25, 0.3) is 0 Å². The molecule has 2 atom stereocenters. The van der Waals surface area contributed by atoms with E-state index in [4.69, 9.17) is 11.6 Å². The number of benzene rings is 2. The van der Waals surface area contributed by atoms with E-state index in [9.17, 15) is 21.6 Å². The zero-order valence-electron chi connectivity index (χ0n) is 17.0. The van der Waals surface area contributed by atoms with Gasteiger partial charge >= 0.3 is 0 Å². The Morgan fingerprint density at radius 1 is 0.900 bits per heavy atom.